The Morgan fingerprint density at radius 2 is 1.82 bits per heavy atom. The lowest BCUT2D eigenvalue weighted by atomic mass is 9.94. The summed E-state index contributed by atoms with van der Waals surface area (Å²) in [7, 11) is 1.45. The third-order valence-electron chi connectivity index (χ3n) is 4.40. The second-order valence-electron chi connectivity index (χ2n) is 6.51. The summed E-state index contributed by atoms with van der Waals surface area (Å²) in [5.41, 5.74) is 1.62. The molecule has 0 aliphatic carbocycles. The maximum absolute atomic E-state index is 12.4. The Morgan fingerprint density at radius 1 is 1.14 bits per heavy atom. The number of phenolic OH excluding ortho intramolecular Hbond substituents is 1. The van der Waals surface area contributed by atoms with Crippen LogP contribution in [0, 0.1) is 5.92 Å². The van der Waals surface area contributed by atoms with Crippen molar-refractivity contribution in [3.05, 3.63) is 53.6 Å². The predicted octanol–water partition coefficient (Wildman–Crippen LogP) is 3.91. The van der Waals surface area contributed by atoms with Gasteiger partial charge in [-0.25, -0.2) is 4.79 Å². The number of Topliss-reactive ketones (excluding diaryl/α,β-unsaturated/α-hetero) is 1. The molecule has 0 saturated heterocycles. The highest BCUT2D eigenvalue weighted by atomic mass is 16.6. The van der Waals surface area contributed by atoms with Crippen molar-refractivity contribution in [3.8, 4) is 11.5 Å². The Hall–Kier alpha value is -3.06. The number of benzene rings is 2. The molecule has 0 radical (unpaired) electrons. The monoisotopic (exact) mass is 387 g/mol. The Labute approximate surface area is 163 Å². The van der Waals surface area contributed by atoms with Crippen molar-refractivity contribution in [1.82, 2.24) is 0 Å². The van der Waals surface area contributed by atoms with E-state index in [9.17, 15) is 19.8 Å². The standard InChI is InChI=1S/C21H25NO6/c1-13(10-11-23)20(16-6-9-19(27-3)18(25)12-16)28-21(26)22-17-7-4-15(5-8-17)14(2)24/h4-9,12-13,20,23,25H,10-11H2,1-3H3,(H,22,26)/t13-,20-/m1/s1. The van der Waals surface area contributed by atoms with Gasteiger partial charge in [0.05, 0.1) is 7.11 Å². The fourth-order valence-electron chi connectivity index (χ4n) is 2.80. The van der Waals surface area contributed by atoms with Crippen LogP contribution in [0.5, 0.6) is 11.5 Å². The van der Waals surface area contributed by atoms with E-state index in [1.165, 1.54) is 20.1 Å². The number of aromatic hydroxyl groups is 1. The van der Waals surface area contributed by atoms with Crippen molar-refractivity contribution in [2.24, 2.45) is 5.92 Å². The summed E-state index contributed by atoms with van der Waals surface area (Å²) >= 11 is 0. The Bertz CT molecular complexity index is 818. The van der Waals surface area contributed by atoms with Gasteiger partial charge in [-0.1, -0.05) is 13.0 Å². The maximum atomic E-state index is 12.4. The van der Waals surface area contributed by atoms with Gasteiger partial charge >= 0.3 is 6.09 Å². The molecule has 3 N–H and O–H groups in total. The first-order chi connectivity index (χ1) is 13.3. The van der Waals surface area contributed by atoms with Gasteiger partial charge in [-0.15, -0.1) is 0 Å². The van der Waals surface area contributed by atoms with Gasteiger partial charge in [0.2, 0.25) is 0 Å². The molecular formula is C21H25NO6. The van der Waals surface area contributed by atoms with Crippen LogP contribution >= 0.6 is 0 Å². The molecule has 7 heteroatoms. The van der Waals surface area contributed by atoms with Gasteiger partial charge in [0.25, 0.3) is 0 Å². The summed E-state index contributed by atoms with van der Waals surface area (Å²) in [6.07, 6.45) is -0.945. The van der Waals surface area contributed by atoms with Gasteiger partial charge in [-0.3, -0.25) is 10.1 Å². The molecule has 28 heavy (non-hydrogen) atoms. The van der Waals surface area contributed by atoms with E-state index in [2.05, 4.69) is 5.32 Å². The number of hydrogen-bond donors (Lipinski definition) is 3. The normalized spacial score (nSPS) is 12.7. The highest BCUT2D eigenvalue weighted by Crippen LogP contribution is 2.34. The van der Waals surface area contributed by atoms with Crippen molar-refractivity contribution in [2.45, 2.75) is 26.4 Å². The van der Waals surface area contributed by atoms with Crippen LogP contribution in [0.1, 0.15) is 42.3 Å². The maximum Gasteiger partial charge on any atom is 0.412 e. The van der Waals surface area contributed by atoms with Crippen molar-refractivity contribution in [3.63, 3.8) is 0 Å². The Morgan fingerprint density at radius 3 is 2.36 bits per heavy atom. The van der Waals surface area contributed by atoms with E-state index in [4.69, 9.17) is 9.47 Å². The summed E-state index contributed by atoms with van der Waals surface area (Å²) in [5, 5.41) is 21.9. The van der Waals surface area contributed by atoms with Crippen LogP contribution in [0.2, 0.25) is 0 Å². The number of carbonyl (C=O) groups is 2. The number of rotatable bonds is 8. The van der Waals surface area contributed by atoms with Crippen LogP contribution in [0.4, 0.5) is 10.5 Å². The number of anilines is 1. The number of methoxy groups -OCH3 is 1. The number of phenols is 1. The SMILES string of the molecule is COc1ccc([C@H](OC(=O)Nc2ccc(C(C)=O)cc2)[C@H](C)CCO)cc1O. The lowest BCUT2D eigenvalue weighted by Crippen LogP contribution is -2.22. The highest BCUT2D eigenvalue weighted by molar-refractivity contribution is 5.95. The second kappa shape index (κ2) is 9.75. The number of ketones is 1. The van der Waals surface area contributed by atoms with Crippen molar-refractivity contribution < 1.29 is 29.3 Å². The summed E-state index contributed by atoms with van der Waals surface area (Å²) in [6.45, 7) is 3.25. The zero-order valence-corrected chi connectivity index (χ0v) is 16.1. The predicted molar refractivity (Wildman–Crippen MR) is 105 cm³/mol. The molecule has 2 rings (SSSR count). The quantitative estimate of drug-likeness (QED) is 0.593. The molecule has 0 fully saturated rings. The van der Waals surface area contributed by atoms with E-state index in [-0.39, 0.29) is 24.1 Å². The van der Waals surface area contributed by atoms with E-state index >= 15 is 0 Å². The largest absolute Gasteiger partial charge is 0.504 e. The average molecular weight is 387 g/mol. The topological polar surface area (TPSA) is 105 Å². The Balaban J connectivity index is 2.16. The van der Waals surface area contributed by atoms with E-state index in [0.29, 0.717) is 29.0 Å². The van der Waals surface area contributed by atoms with Crippen LogP contribution in [-0.2, 0) is 4.74 Å². The van der Waals surface area contributed by atoms with Crippen molar-refractivity contribution in [2.75, 3.05) is 19.0 Å². The van der Waals surface area contributed by atoms with E-state index in [0.717, 1.165) is 0 Å². The third-order valence-corrected chi connectivity index (χ3v) is 4.40. The van der Waals surface area contributed by atoms with Gasteiger partial charge in [-0.05, 0) is 61.2 Å². The number of aliphatic hydroxyl groups is 1. The first-order valence-electron chi connectivity index (χ1n) is 8.92. The van der Waals surface area contributed by atoms with Gasteiger partial charge in [0.15, 0.2) is 17.3 Å². The number of aliphatic hydroxyl groups excluding tert-OH is 1. The van der Waals surface area contributed by atoms with Gasteiger partial charge in [-0.2, -0.15) is 0 Å². The first-order valence-corrected chi connectivity index (χ1v) is 8.92. The van der Waals surface area contributed by atoms with Crippen molar-refractivity contribution in [1.29, 1.82) is 0 Å². The number of carbonyl (C=O) groups excluding carboxylic acids is 2. The number of ether oxygens (including phenoxy) is 2. The molecule has 2 aromatic rings. The molecular weight excluding hydrogens is 362 g/mol. The number of hydrogen-bond acceptors (Lipinski definition) is 6. The number of amides is 1. The molecule has 2 atom stereocenters. The van der Waals surface area contributed by atoms with Crippen LogP contribution in [-0.4, -0.2) is 35.8 Å². The molecule has 0 unspecified atom stereocenters. The molecule has 1 amide bonds. The minimum Gasteiger partial charge on any atom is -0.504 e. The molecule has 2 aromatic carbocycles. The highest BCUT2D eigenvalue weighted by Gasteiger charge is 2.24. The molecule has 0 aliphatic rings. The van der Waals surface area contributed by atoms with Crippen molar-refractivity contribution >= 4 is 17.6 Å². The lowest BCUT2D eigenvalue weighted by molar-refractivity contribution is 0.0666. The lowest BCUT2D eigenvalue weighted by Gasteiger charge is -2.24. The molecule has 150 valence electrons. The van der Waals surface area contributed by atoms with E-state index in [1.54, 1.807) is 36.4 Å². The third kappa shape index (κ3) is 5.47. The minimum absolute atomic E-state index is 0.0582. The van der Waals surface area contributed by atoms with Crippen LogP contribution in [0.25, 0.3) is 0 Å². The van der Waals surface area contributed by atoms with Gasteiger partial charge in [0, 0.05) is 17.9 Å². The summed E-state index contributed by atoms with van der Waals surface area (Å²) in [6, 6.07) is 11.2. The van der Waals surface area contributed by atoms with Gasteiger partial charge in [0.1, 0.15) is 6.10 Å². The first kappa shape index (κ1) is 21.2. The summed E-state index contributed by atoms with van der Waals surface area (Å²) in [5.74, 6) is -0.00711. The minimum atomic E-state index is -0.680. The summed E-state index contributed by atoms with van der Waals surface area (Å²) < 4.78 is 10.6. The smallest absolute Gasteiger partial charge is 0.412 e. The number of nitrogens with one attached hydrogen (secondary N) is 1. The fraction of sp³-hybridized carbons (Fsp3) is 0.333. The molecule has 0 saturated carbocycles. The Kier molecular flexibility index (Phi) is 7.40. The van der Waals surface area contributed by atoms with Crippen LogP contribution < -0.4 is 10.1 Å². The molecule has 0 aromatic heterocycles. The molecule has 0 aliphatic heterocycles. The van der Waals surface area contributed by atoms with Crippen LogP contribution in [0.15, 0.2) is 42.5 Å². The zero-order chi connectivity index (χ0) is 20.7. The van der Waals surface area contributed by atoms with E-state index < -0.39 is 12.2 Å². The average Bonchev–Trinajstić information content (AvgIpc) is 2.66. The van der Waals surface area contributed by atoms with Gasteiger partial charge < -0.3 is 19.7 Å². The summed E-state index contributed by atoms with van der Waals surface area (Å²) in [4.78, 5) is 23.7. The van der Waals surface area contributed by atoms with Crippen LogP contribution in [0.3, 0.4) is 0 Å². The molecule has 7 nitrogen and oxygen atoms in total. The molecule has 0 heterocycles. The zero-order valence-electron chi connectivity index (χ0n) is 16.1. The molecule has 0 bridgehead atoms. The second-order valence-corrected chi connectivity index (χ2v) is 6.51. The fourth-order valence-corrected chi connectivity index (χ4v) is 2.80. The molecule has 0 spiro atoms. The van der Waals surface area contributed by atoms with E-state index in [1.807, 2.05) is 6.92 Å².